The second-order valence-electron chi connectivity index (χ2n) is 5.98. The van der Waals surface area contributed by atoms with E-state index in [1.54, 1.807) is 0 Å². The number of halogens is 2. The highest BCUT2D eigenvalue weighted by Crippen LogP contribution is 2.38. The van der Waals surface area contributed by atoms with E-state index in [2.05, 4.69) is 12.1 Å². The summed E-state index contributed by atoms with van der Waals surface area (Å²) in [7, 11) is 0. The summed E-state index contributed by atoms with van der Waals surface area (Å²) in [6, 6.07) is 14.2. The van der Waals surface area contributed by atoms with E-state index in [1.807, 2.05) is 18.2 Å². The van der Waals surface area contributed by atoms with Crippen LogP contribution in [0, 0.1) is 11.6 Å². The summed E-state index contributed by atoms with van der Waals surface area (Å²) in [5, 5.41) is 2.22. The van der Waals surface area contributed by atoms with Gasteiger partial charge in [0, 0.05) is 6.07 Å². The molecule has 3 aromatic carbocycles. The number of fused-ring (bicyclic) bond motifs is 2. The maximum atomic E-state index is 13.7. The molecule has 0 aliphatic heterocycles. The maximum absolute atomic E-state index is 13.7. The smallest absolute Gasteiger partial charge is 0.126 e. The van der Waals surface area contributed by atoms with Crippen LogP contribution in [0.15, 0.2) is 48.5 Å². The van der Waals surface area contributed by atoms with Gasteiger partial charge in [0.2, 0.25) is 0 Å². The van der Waals surface area contributed by atoms with Gasteiger partial charge in [-0.1, -0.05) is 30.3 Å². The van der Waals surface area contributed by atoms with Gasteiger partial charge in [0.15, 0.2) is 0 Å². The molecule has 4 rings (SSSR count). The minimum absolute atomic E-state index is 0.521. The molecule has 0 nitrogen and oxygen atoms in total. The first-order valence-corrected chi connectivity index (χ1v) is 7.72. The highest BCUT2D eigenvalue weighted by Gasteiger charge is 2.18. The van der Waals surface area contributed by atoms with Crippen molar-refractivity contribution >= 4 is 10.8 Å². The largest absolute Gasteiger partial charge is 0.207 e. The molecule has 0 N–H and O–H groups in total. The van der Waals surface area contributed by atoms with Gasteiger partial charge in [-0.3, -0.25) is 0 Å². The van der Waals surface area contributed by atoms with E-state index >= 15 is 0 Å². The molecule has 0 spiro atoms. The lowest BCUT2D eigenvalue weighted by atomic mass is 9.82. The molecule has 0 saturated carbocycles. The molecule has 1 aliphatic carbocycles. The molecule has 0 bridgehead atoms. The van der Waals surface area contributed by atoms with Crippen LogP contribution in [0.25, 0.3) is 21.9 Å². The fraction of sp³-hybridized carbons (Fsp3) is 0.200. The van der Waals surface area contributed by atoms with Crippen molar-refractivity contribution in [1.29, 1.82) is 0 Å². The van der Waals surface area contributed by atoms with Crippen molar-refractivity contribution < 1.29 is 8.78 Å². The molecule has 0 saturated heterocycles. The summed E-state index contributed by atoms with van der Waals surface area (Å²) in [4.78, 5) is 0. The van der Waals surface area contributed by atoms with Gasteiger partial charge in [0.1, 0.15) is 11.6 Å². The Morgan fingerprint density at radius 3 is 2.32 bits per heavy atom. The molecule has 2 heteroatoms. The van der Waals surface area contributed by atoms with E-state index < -0.39 is 11.6 Å². The zero-order chi connectivity index (χ0) is 15.1. The van der Waals surface area contributed by atoms with Gasteiger partial charge in [-0.25, -0.2) is 8.78 Å². The van der Waals surface area contributed by atoms with Crippen molar-refractivity contribution in [2.24, 2.45) is 0 Å². The monoisotopic (exact) mass is 294 g/mol. The van der Waals surface area contributed by atoms with Crippen molar-refractivity contribution in [1.82, 2.24) is 0 Å². The Balaban J connectivity index is 2.10. The number of rotatable bonds is 1. The lowest BCUT2D eigenvalue weighted by Crippen LogP contribution is -2.05. The second kappa shape index (κ2) is 5.20. The van der Waals surface area contributed by atoms with Gasteiger partial charge in [-0.15, -0.1) is 0 Å². The van der Waals surface area contributed by atoms with Crippen LogP contribution in [0.4, 0.5) is 8.78 Å². The normalized spacial score (nSPS) is 14.1. The van der Waals surface area contributed by atoms with Gasteiger partial charge in [0.05, 0.1) is 0 Å². The number of hydrogen-bond acceptors (Lipinski definition) is 0. The molecule has 3 aromatic rings. The van der Waals surface area contributed by atoms with E-state index in [0.29, 0.717) is 5.56 Å². The summed E-state index contributed by atoms with van der Waals surface area (Å²) < 4.78 is 27.4. The third kappa shape index (κ3) is 2.19. The first kappa shape index (κ1) is 13.4. The summed E-state index contributed by atoms with van der Waals surface area (Å²) >= 11 is 0. The molecule has 0 radical (unpaired) electrons. The first-order valence-electron chi connectivity index (χ1n) is 7.72. The van der Waals surface area contributed by atoms with Gasteiger partial charge < -0.3 is 0 Å². The Kier molecular flexibility index (Phi) is 3.18. The molecule has 0 amide bonds. The zero-order valence-corrected chi connectivity index (χ0v) is 12.2. The van der Waals surface area contributed by atoms with Gasteiger partial charge in [0.25, 0.3) is 0 Å². The number of hydrogen-bond donors (Lipinski definition) is 0. The Hall–Kier alpha value is -2.22. The zero-order valence-electron chi connectivity index (χ0n) is 12.2. The SMILES string of the molecule is Fc1cc(F)cc(-c2c3c(cc4ccccc24)CCCC3)c1. The van der Waals surface area contributed by atoms with E-state index in [-0.39, 0.29) is 0 Å². The highest BCUT2D eigenvalue weighted by molar-refractivity contribution is 5.99. The third-order valence-electron chi connectivity index (χ3n) is 4.52. The highest BCUT2D eigenvalue weighted by atomic mass is 19.1. The molecular formula is C20H16F2. The Morgan fingerprint density at radius 1 is 0.773 bits per heavy atom. The van der Waals surface area contributed by atoms with Crippen LogP contribution in [-0.2, 0) is 12.8 Å². The van der Waals surface area contributed by atoms with E-state index in [9.17, 15) is 8.78 Å². The topological polar surface area (TPSA) is 0 Å². The molecule has 0 atom stereocenters. The molecule has 0 aromatic heterocycles. The average Bonchev–Trinajstić information content (AvgIpc) is 2.51. The fourth-order valence-corrected chi connectivity index (χ4v) is 3.60. The molecule has 110 valence electrons. The van der Waals surface area contributed by atoms with Crippen LogP contribution in [-0.4, -0.2) is 0 Å². The summed E-state index contributed by atoms with van der Waals surface area (Å²) in [6.45, 7) is 0. The molecular weight excluding hydrogens is 278 g/mol. The lowest BCUT2D eigenvalue weighted by Gasteiger charge is -2.22. The van der Waals surface area contributed by atoms with Crippen molar-refractivity contribution in [3.63, 3.8) is 0 Å². The minimum atomic E-state index is -0.521. The van der Waals surface area contributed by atoms with Gasteiger partial charge >= 0.3 is 0 Å². The van der Waals surface area contributed by atoms with E-state index in [0.717, 1.165) is 41.7 Å². The second-order valence-corrected chi connectivity index (χ2v) is 5.98. The average molecular weight is 294 g/mol. The van der Waals surface area contributed by atoms with E-state index in [1.165, 1.54) is 29.7 Å². The molecule has 22 heavy (non-hydrogen) atoms. The Bertz CT molecular complexity index is 845. The fourth-order valence-electron chi connectivity index (χ4n) is 3.60. The van der Waals surface area contributed by atoms with Crippen molar-refractivity contribution in [2.75, 3.05) is 0 Å². The van der Waals surface area contributed by atoms with Crippen LogP contribution < -0.4 is 0 Å². The Morgan fingerprint density at radius 2 is 1.50 bits per heavy atom. The van der Waals surface area contributed by atoms with Crippen LogP contribution >= 0.6 is 0 Å². The minimum Gasteiger partial charge on any atom is -0.207 e. The van der Waals surface area contributed by atoms with Crippen molar-refractivity contribution in [2.45, 2.75) is 25.7 Å². The van der Waals surface area contributed by atoms with Crippen LogP contribution in [0.1, 0.15) is 24.0 Å². The van der Waals surface area contributed by atoms with Crippen LogP contribution in [0.2, 0.25) is 0 Å². The van der Waals surface area contributed by atoms with Crippen LogP contribution in [0.5, 0.6) is 0 Å². The quantitative estimate of drug-likeness (QED) is 0.543. The van der Waals surface area contributed by atoms with E-state index in [4.69, 9.17) is 0 Å². The first-order chi connectivity index (χ1) is 10.7. The number of aryl methyl sites for hydroxylation is 1. The van der Waals surface area contributed by atoms with Gasteiger partial charge in [-0.2, -0.15) is 0 Å². The summed E-state index contributed by atoms with van der Waals surface area (Å²) in [6.07, 6.45) is 4.34. The predicted molar refractivity (Wildman–Crippen MR) is 85.9 cm³/mol. The summed E-state index contributed by atoms with van der Waals surface area (Å²) in [5.74, 6) is -1.04. The predicted octanol–water partition coefficient (Wildman–Crippen LogP) is 5.66. The lowest BCUT2D eigenvalue weighted by molar-refractivity contribution is 0.584. The number of benzene rings is 3. The standard InChI is InChI=1S/C20H16F2/c21-16-10-15(11-17(22)12-16)20-18-7-3-1-5-13(18)9-14-6-2-4-8-19(14)20/h1,3,5,7,9-12H,2,4,6,8H2. The Labute approximate surface area is 128 Å². The van der Waals surface area contributed by atoms with Crippen molar-refractivity contribution in [3.8, 4) is 11.1 Å². The summed E-state index contributed by atoms with van der Waals surface area (Å²) in [5.41, 5.74) is 4.23. The van der Waals surface area contributed by atoms with Crippen molar-refractivity contribution in [3.05, 3.63) is 71.3 Å². The third-order valence-corrected chi connectivity index (χ3v) is 4.52. The molecule has 1 aliphatic rings. The van der Waals surface area contributed by atoms with Gasteiger partial charge in [-0.05, 0) is 70.8 Å². The maximum Gasteiger partial charge on any atom is 0.126 e. The molecule has 0 fully saturated rings. The molecule has 0 heterocycles. The van der Waals surface area contributed by atoms with Crippen LogP contribution in [0.3, 0.4) is 0 Å². The molecule has 0 unspecified atom stereocenters.